The molecule has 2 aromatic heterocycles. The van der Waals surface area contributed by atoms with Crippen molar-refractivity contribution in [1.82, 2.24) is 9.97 Å². The predicted octanol–water partition coefficient (Wildman–Crippen LogP) is 3.20. The molecule has 0 atom stereocenters. The minimum absolute atomic E-state index is 0.0192. The molecule has 0 fully saturated rings. The summed E-state index contributed by atoms with van der Waals surface area (Å²) in [6.07, 6.45) is 1.78. The summed E-state index contributed by atoms with van der Waals surface area (Å²) in [5.41, 5.74) is 10.1. The minimum Gasteiger partial charge on any atom is -0.357 e. The maximum atomic E-state index is 12.3. The maximum absolute atomic E-state index is 12.3. The minimum atomic E-state index is -0.0192. The van der Waals surface area contributed by atoms with Gasteiger partial charge in [-0.2, -0.15) is 0 Å². The summed E-state index contributed by atoms with van der Waals surface area (Å²) < 4.78 is 0. The van der Waals surface area contributed by atoms with Crippen LogP contribution in [0.1, 0.15) is 5.69 Å². The number of rotatable bonds is 2. The van der Waals surface area contributed by atoms with E-state index in [9.17, 15) is 4.79 Å². The van der Waals surface area contributed by atoms with Crippen molar-refractivity contribution in [2.24, 2.45) is 5.73 Å². The third-order valence-electron chi connectivity index (χ3n) is 4.05. The van der Waals surface area contributed by atoms with E-state index in [4.69, 9.17) is 5.73 Å². The summed E-state index contributed by atoms with van der Waals surface area (Å²) in [7, 11) is 0. The Kier molecular flexibility index (Phi) is 3.17. The Morgan fingerprint density at radius 3 is 2.78 bits per heavy atom. The molecule has 2 heterocycles. The van der Waals surface area contributed by atoms with Crippen LogP contribution in [0.5, 0.6) is 0 Å². The highest BCUT2D eigenvalue weighted by molar-refractivity contribution is 5.96. The van der Waals surface area contributed by atoms with E-state index in [0.717, 1.165) is 33.2 Å². The quantitative estimate of drug-likeness (QED) is 0.597. The molecule has 23 heavy (non-hydrogen) atoms. The molecule has 0 aliphatic heterocycles. The summed E-state index contributed by atoms with van der Waals surface area (Å²) in [5, 5.41) is 1.74. The number of aromatic nitrogens is 2. The van der Waals surface area contributed by atoms with E-state index in [0.29, 0.717) is 11.9 Å². The van der Waals surface area contributed by atoms with Crippen LogP contribution in [-0.4, -0.2) is 9.97 Å². The van der Waals surface area contributed by atoms with E-state index in [1.54, 1.807) is 12.3 Å². The molecule has 4 heteroatoms. The van der Waals surface area contributed by atoms with Crippen LogP contribution in [0.2, 0.25) is 0 Å². The standard InChI is InChI=1S/C19H15N3O/c20-11-14-10-18(23)16-9-13(6-7-17(16)22-14)15-5-1-3-12-4-2-8-21-19(12)15/h1-10H,11,20H2,(H,22,23). The molecular weight excluding hydrogens is 286 g/mol. The molecule has 2 aromatic carbocycles. The molecule has 0 saturated heterocycles. The number of fused-ring (bicyclic) bond motifs is 2. The van der Waals surface area contributed by atoms with Crippen LogP contribution in [0.15, 0.2) is 65.6 Å². The summed E-state index contributed by atoms with van der Waals surface area (Å²) in [4.78, 5) is 20.0. The number of pyridine rings is 2. The lowest BCUT2D eigenvalue weighted by atomic mass is 10.00. The van der Waals surface area contributed by atoms with Gasteiger partial charge in [-0.15, -0.1) is 0 Å². The summed E-state index contributed by atoms with van der Waals surface area (Å²) in [6.45, 7) is 0.320. The Bertz CT molecular complexity index is 1080. The van der Waals surface area contributed by atoms with Gasteiger partial charge in [-0.1, -0.05) is 30.3 Å². The first-order valence-electron chi connectivity index (χ1n) is 7.46. The SMILES string of the molecule is NCc1cc(=O)c2cc(-c3cccc4cccnc34)ccc2[nH]1. The molecule has 0 aliphatic rings. The second-order valence-corrected chi connectivity index (χ2v) is 5.50. The van der Waals surface area contributed by atoms with Crippen molar-refractivity contribution in [2.75, 3.05) is 0 Å². The van der Waals surface area contributed by atoms with Crippen molar-refractivity contribution in [2.45, 2.75) is 6.54 Å². The van der Waals surface area contributed by atoms with E-state index in [1.165, 1.54) is 0 Å². The molecule has 4 aromatic rings. The number of hydrogen-bond donors (Lipinski definition) is 2. The van der Waals surface area contributed by atoms with Crippen molar-refractivity contribution < 1.29 is 0 Å². The van der Waals surface area contributed by atoms with E-state index < -0.39 is 0 Å². The van der Waals surface area contributed by atoms with Gasteiger partial charge in [0.25, 0.3) is 0 Å². The molecule has 112 valence electrons. The second kappa shape index (κ2) is 5.34. The molecule has 4 nitrogen and oxygen atoms in total. The van der Waals surface area contributed by atoms with Crippen LogP contribution in [0.25, 0.3) is 32.9 Å². The molecular formula is C19H15N3O. The van der Waals surface area contributed by atoms with Crippen LogP contribution in [0.3, 0.4) is 0 Å². The number of nitrogens with zero attached hydrogens (tertiary/aromatic N) is 1. The fourth-order valence-electron chi connectivity index (χ4n) is 2.92. The maximum Gasteiger partial charge on any atom is 0.189 e. The molecule has 0 aliphatic carbocycles. The van der Waals surface area contributed by atoms with Crippen molar-refractivity contribution in [3.63, 3.8) is 0 Å². The lowest BCUT2D eigenvalue weighted by Crippen LogP contribution is -2.08. The number of nitrogens with two attached hydrogens (primary N) is 1. The number of hydrogen-bond acceptors (Lipinski definition) is 3. The van der Waals surface area contributed by atoms with Gasteiger partial charge in [0.05, 0.1) is 5.52 Å². The second-order valence-electron chi connectivity index (χ2n) is 5.50. The van der Waals surface area contributed by atoms with Gasteiger partial charge in [-0.05, 0) is 23.8 Å². The Morgan fingerprint density at radius 2 is 1.91 bits per heavy atom. The Labute approximate surface area is 132 Å². The van der Waals surface area contributed by atoms with Crippen LogP contribution in [-0.2, 0) is 6.54 Å². The first-order valence-corrected chi connectivity index (χ1v) is 7.46. The van der Waals surface area contributed by atoms with Gasteiger partial charge in [-0.3, -0.25) is 9.78 Å². The average Bonchev–Trinajstić information content (AvgIpc) is 2.61. The van der Waals surface area contributed by atoms with Gasteiger partial charge in [0.2, 0.25) is 0 Å². The fraction of sp³-hybridized carbons (Fsp3) is 0.0526. The monoisotopic (exact) mass is 301 g/mol. The Morgan fingerprint density at radius 1 is 1.04 bits per heavy atom. The van der Waals surface area contributed by atoms with Gasteiger partial charge in [0.1, 0.15) is 0 Å². The smallest absolute Gasteiger partial charge is 0.189 e. The van der Waals surface area contributed by atoms with Crippen LogP contribution >= 0.6 is 0 Å². The van der Waals surface area contributed by atoms with E-state index in [2.05, 4.69) is 9.97 Å². The van der Waals surface area contributed by atoms with Crippen molar-refractivity contribution in [3.8, 4) is 11.1 Å². The highest BCUT2D eigenvalue weighted by Crippen LogP contribution is 2.28. The summed E-state index contributed by atoms with van der Waals surface area (Å²) in [5.74, 6) is 0. The van der Waals surface area contributed by atoms with Crippen molar-refractivity contribution in [3.05, 3.63) is 76.7 Å². The van der Waals surface area contributed by atoms with Gasteiger partial charge >= 0.3 is 0 Å². The van der Waals surface area contributed by atoms with E-state index in [-0.39, 0.29) is 5.43 Å². The zero-order chi connectivity index (χ0) is 15.8. The lowest BCUT2D eigenvalue weighted by Gasteiger charge is -2.08. The molecule has 4 rings (SSSR count). The molecule has 0 unspecified atom stereocenters. The highest BCUT2D eigenvalue weighted by atomic mass is 16.1. The topological polar surface area (TPSA) is 71.8 Å². The largest absolute Gasteiger partial charge is 0.357 e. The first kappa shape index (κ1) is 13.7. The van der Waals surface area contributed by atoms with Crippen LogP contribution in [0.4, 0.5) is 0 Å². The zero-order valence-electron chi connectivity index (χ0n) is 12.4. The summed E-state index contributed by atoms with van der Waals surface area (Å²) >= 11 is 0. The zero-order valence-corrected chi connectivity index (χ0v) is 12.4. The van der Waals surface area contributed by atoms with Gasteiger partial charge in [-0.25, -0.2) is 0 Å². The fourth-order valence-corrected chi connectivity index (χ4v) is 2.92. The number of H-pyrrole nitrogens is 1. The van der Waals surface area contributed by atoms with Gasteiger partial charge in [0, 0.05) is 46.4 Å². The van der Waals surface area contributed by atoms with E-state index >= 15 is 0 Å². The third-order valence-corrected chi connectivity index (χ3v) is 4.05. The molecule has 3 N–H and O–H groups in total. The van der Waals surface area contributed by atoms with E-state index in [1.807, 2.05) is 48.5 Å². The third kappa shape index (κ3) is 2.29. The molecule has 0 saturated carbocycles. The molecule has 0 amide bonds. The van der Waals surface area contributed by atoms with Crippen LogP contribution < -0.4 is 11.2 Å². The molecule has 0 spiro atoms. The average molecular weight is 301 g/mol. The van der Waals surface area contributed by atoms with Crippen LogP contribution in [0, 0.1) is 0 Å². The summed E-state index contributed by atoms with van der Waals surface area (Å²) in [6, 6.07) is 17.4. The van der Waals surface area contributed by atoms with Crippen molar-refractivity contribution in [1.29, 1.82) is 0 Å². The predicted molar refractivity (Wildman–Crippen MR) is 93.2 cm³/mol. The Hall–Kier alpha value is -2.98. The normalized spacial score (nSPS) is 11.2. The lowest BCUT2D eigenvalue weighted by molar-refractivity contribution is 1.00. The number of benzene rings is 2. The Balaban J connectivity index is 1.99. The van der Waals surface area contributed by atoms with Crippen molar-refractivity contribution >= 4 is 21.8 Å². The first-order chi connectivity index (χ1) is 11.3. The number of nitrogens with one attached hydrogen (secondary N) is 1. The number of para-hydroxylation sites is 1. The molecule has 0 bridgehead atoms. The van der Waals surface area contributed by atoms with Gasteiger partial charge in [0.15, 0.2) is 5.43 Å². The molecule has 0 radical (unpaired) electrons. The highest BCUT2D eigenvalue weighted by Gasteiger charge is 2.08. The number of aromatic amines is 1. The van der Waals surface area contributed by atoms with Gasteiger partial charge < -0.3 is 10.7 Å².